The summed E-state index contributed by atoms with van der Waals surface area (Å²) in [4.78, 5) is 27.5. The van der Waals surface area contributed by atoms with Crippen molar-refractivity contribution >= 4 is 29.1 Å². The maximum absolute atomic E-state index is 14.5. The number of hydrogen-bond acceptors (Lipinski definition) is 6. The van der Waals surface area contributed by atoms with Crippen LogP contribution in [0.5, 0.6) is 0 Å². The Kier molecular flexibility index (Phi) is 6.95. The zero-order valence-corrected chi connectivity index (χ0v) is 18.2. The molecule has 0 aliphatic carbocycles. The summed E-state index contributed by atoms with van der Waals surface area (Å²) in [7, 11) is 1.70. The quantitative estimate of drug-likeness (QED) is 0.363. The number of nitrogens with zero attached hydrogens (tertiary/aromatic N) is 2. The van der Waals surface area contributed by atoms with Gasteiger partial charge in [0.25, 0.3) is 5.91 Å². The van der Waals surface area contributed by atoms with E-state index in [1.165, 1.54) is 0 Å². The Hall–Kier alpha value is -3.24. The molecule has 0 spiro atoms. The molecule has 1 aliphatic rings. The van der Waals surface area contributed by atoms with E-state index in [0.29, 0.717) is 31.1 Å². The first kappa shape index (κ1) is 23.4. The second-order valence-electron chi connectivity index (χ2n) is 8.35. The molecular formula is C22H29FN6O3. The number of hydrogen-bond donors (Lipinski definition) is 4. The summed E-state index contributed by atoms with van der Waals surface area (Å²) in [5.41, 5.74) is 12.4. The molecule has 0 radical (unpaired) electrons. The zero-order chi connectivity index (χ0) is 23.5. The fraction of sp³-hybridized carbons (Fsp3) is 0.409. The van der Waals surface area contributed by atoms with Crippen molar-refractivity contribution in [2.24, 2.45) is 11.5 Å². The lowest BCUT2D eigenvalue weighted by Gasteiger charge is -2.44. The Labute approximate surface area is 186 Å². The molecule has 1 unspecified atom stereocenters. The van der Waals surface area contributed by atoms with E-state index in [2.05, 4.69) is 15.6 Å². The van der Waals surface area contributed by atoms with Gasteiger partial charge in [-0.25, -0.2) is 9.37 Å². The van der Waals surface area contributed by atoms with E-state index in [-0.39, 0.29) is 21.8 Å². The molecule has 10 heteroatoms. The molecule has 2 amide bonds. The van der Waals surface area contributed by atoms with Crippen LogP contribution in [0.2, 0.25) is 0 Å². The van der Waals surface area contributed by atoms with Gasteiger partial charge in [-0.15, -0.1) is 0 Å². The van der Waals surface area contributed by atoms with Crippen LogP contribution in [0, 0.1) is 11.0 Å². The van der Waals surface area contributed by atoms with Gasteiger partial charge in [0.05, 0.1) is 25.7 Å². The maximum Gasteiger partial charge on any atom is 0.252 e. The normalized spacial score (nSPS) is 21.6. The van der Waals surface area contributed by atoms with E-state index in [4.69, 9.17) is 11.5 Å². The number of benzene rings is 1. The van der Waals surface area contributed by atoms with Gasteiger partial charge in [-0.05, 0) is 36.1 Å². The van der Waals surface area contributed by atoms with Crippen molar-refractivity contribution < 1.29 is 18.6 Å². The third-order valence-corrected chi connectivity index (χ3v) is 5.85. The molecule has 1 aromatic carbocycles. The van der Waals surface area contributed by atoms with E-state index in [0.717, 1.165) is 24.5 Å². The molecule has 3 rings (SSSR count). The molecule has 1 aliphatic heterocycles. The second kappa shape index (κ2) is 9.49. The molecule has 0 saturated carbocycles. The van der Waals surface area contributed by atoms with E-state index < -0.39 is 23.7 Å². The number of hydroxylamine groups is 3. The number of halogens is 1. The summed E-state index contributed by atoms with van der Waals surface area (Å²) in [6.45, 7) is 2.90. The van der Waals surface area contributed by atoms with Gasteiger partial charge in [-0.1, -0.05) is 19.1 Å². The third-order valence-electron chi connectivity index (χ3n) is 5.85. The number of carbonyl (C=O) groups is 2. The largest absolute Gasteiger partial charge is 0.633 e. The van der Waals surface area contributed by atoms with Crippen LogP contribution in [-0.4, -0.2) is 47.6 Å². The number of nitrogens with two attached hydrogens (primary N) is 2. The van der Waals surface area contributed by atoms with Crippen LogP contribution in [0.15, 0.2) is 30.3 Å². The van der Waals surface area contributed by atoms with Crippen LogP contribution in [0.1, 0.15) is 48.0 Å². The smallest absolute Gasteiger partial charge is 0.252 e. The summed E-state index contributed by atoms with van der Waals surface area (Å²) in [5.74, 6) is -2.13. The van der Waals surface area contributed by atoms with E-state index in [9.17, 15) is 19.2 Å². The Morgan fingerprint density at radius 2 is 1.84 bits per heavy atom. The zero-order valence-electron chi connectivity index (χ0n) is 18.2. The number of carbonyl (C=O) groups excluding carboxylic acids is 2. The van der Waals surface area contributed by atoms with Gasteiger partial charge >= 0.3 is 0 Å². The fourth-order valence-corrected chi connectivity index (χ4v) is 3.84. The SMILES string of the molecule is CCC(Nc1nc(Nc2ccc(C3CC[N+](C)([O-])CC3)cc2)c(C(N)=O)cc1F)C(N)=O. The van der Waals surface area contributed by atoms with Gasteiger partial charge < -0.3 is 32.0 Å². The van der Waals surface area contributed by atoms with Crippen LogP contribution >= 0.6 is 0 Å². The number of piperidine rings is 1. The Morgan fingerprint density at radius 3 is 2.38 bits per heavy atom. The first-order valence-electron chi connectivity index (χ1n) is 10.6. The first-order valence-corrected chi connectivity index (χ1v) is 10.6. The summed E-state index contributed by atoms with van der Waals surface area (Å²) in [6.07, 6.45) is 1.99. The summed E-state index contributed by atoms with van der Waals surface area (Å²) in [6, 6.07) is 7.74. The van der Waals surface area contributed by atoms with E-state index >= 15 is 0 Å². The molecule has 1 saturated heterocycles. The minimum atomic E-state index is -0.843. The highest BCUT2D eigenvalue weighted by atomic mass is 19.1. The molecule has 9 nitrogen and oxygen atoms in total. The highest BCUT2D eigenvalue weighted by Gasteiger charge is 2.25. The highest BCUT2D eigenvalue weighted by Crippen LogP contribution is 2.31. The predicted octanol–water partition coefficient (Wildman–Crippen LogP) is 2.56. The van der Waals surface area contributed by atoms with Crippen LogP contribution < -0.4 is 22.1 Å². The number of nitrogens with one attached hydrogen (secondary N) is 2. The van der Waals surface area contributed by atoms with Crippen molar-refractivity contribution in [1.82, 2.24) is 4.98 Å². The number of pyridine rings is 1. The highest BCUT2D eigenvalue weighted by molar-refractivity contribution is 5.98. The number of rotatable bonds is 8. The predicted molar refractivity (Wildman–Crippen MR) is 121 cm³/mol. The van der Waals surface area contributed by atoms with Crippen molar-refractivity contribution in [3.05, 3.63) is 52.5 Å². The number of likely N-dealkylation sites (tertiary alicyclic amines) is 1. The molecule has 172 valence electrons. The molecular weight excluding hydrogens is 415 g/mol. The molecule has 6 N–H and O–H groups in total. The number of anilines is 3. The lowest BCUT2D eigenvalue weighted by atomic mass is 9.89. The lowest BCUT2D eigenvalue weighted by molar-refractivity contribution is -0.866. The Balaban J connectivity index is 1.81. The van der Waals surface area contributed by atoms with Crippen molar-refractivity contribution in [2.45, 2.75) is 38.1 Å². The number of primary amides is 2. The molecule has 2 heterocycles. The van der Waals surface area contributed by atoms with Crippen molar-refractivity contribution in [3.63, 3.8) is 0 Å². The Morgan fingerprint density at radius 1 is 1.22 bits per heavy atom. The van der Waals surface area contributed by atoms with Crippen molar-refractivity contribution in [3.8, 4) is 0 Å². The third kappa shape index (κ3) is 5.51. The van der Waals surface area contributed by atoms with Gasteiger partial charge in [0.2, 0.25) is 5.91 Å². The molecule has 2 aromatic rings. The summed E-state index contributed by atoms with van der Waals surface area (Å²) >= 11 is 0. The second-order valence-corrected chi connectivity index (χ2v) is 8.35. The fourth-order valence-electron chi connectivity index (χ4n) is 3.84. The molecule has 0 bridgehead atoms. The Bertz CT molecular complexity index is 986. The molecule has 32 heavy (non-hydrogen) atoms. The monoisotopic (exact) mass is 444 g/mol. The molecule has 1 aromatic heterocycles. The van der Waals surface area contributed by atoms with Gasteiger partial charge in [0.15, 0.2) is 11.6 Å². The first-order chi connectivity index (χ1) is 15.1. The molecule has 1 atom stereocenters. The van der Waals surface area contributed by atoms with Gasteiger partial charge in [-0.3, -0.25) is 9.59 Å². The average Bonchev–Trinajstić information content (AvgIpc) is 2.74. The van der Waals surface area contributed by atoms with Crippen LogP contribution in [0.3, 0.4) is 0 Å². The summed E-state index contributed by atoms with van der Waals surface area (Å²) in [5, 5.41) is 17.7. The van der Waals surface area contributed by atoms with Gasteiger partial charge in [-0.2, -0.15) is 0 Å². The minimum Gasteiger partial charge on any atom is -0.633 e. The number of quaternary nitrogens is 1. The van der Waals surface area contributed by atoms with Gasteiger partial charge in [0.1, 0.15) is 11.9 Å². The van der Waals surface area contributed by atoms with Crippen LogP contribution in [0.25, 0.3) is 0 Å². The minimum absolute atomic E-state index is 0.0607. The molecule has 1 fully saturated rings. The van der Waals surface area contributed by atoms with Gasteiger partial charge in [0, 0.05) is 18.5 Å². The van der Waals surface area contributed by atoms with E-state index in [1.807, 2.05) is 24.3 Å². The standard InChI is InChI=1S/C22H29FN6O3/c1-3-18(20(25)31)27-22-17(23)12-16(19(24)30)21(28-22)26-15-6-4-13(5-7-15)14-8-10-29(2,32)11-9-14/h4-7,12,14,18H,3,8-11H2,1-2H3,(H2,24,30)(H2,25,31)(H2,26,27,28). The van der Waals surface area contributed by atoms with Crippen molar-refractivity contribution in [1.29, 1.82) is 0 Å². The summed E-state index contributed by atoms with van der Waals surface area (Å²) < 4.78 is 14.3. The van der Waals surface area contributed by atoms with Crippen molar-refractivity contribution in [2.75, 3.05) is 30.8 Å². The van der Waals surface area contributed by atoms with Crippen LogP contribution in [0.4, 0.5) is 21.7 Å². The average molecular weight is 445 g/mol. The maximum atomic E-state index is 14.5. The number of aromatic nitrogens is 1. The number of amides is 2. The topological polar surface area (TPSA) is 146 Å². The van der Waals surface area contributed by atoms with Crippen LogP contribution in [-0.2, 0) is 4.79 Å². The van der Waals surface area contributed by atoms with E-state index in [1.54, 1.807) is 14.0 Å². The lowest BCUT2D eigenvalue weighted by Crippen LogP contribution is -2.43.